The Kier molecular flexibility index (Phi) is 3.56. The van der Waals surface area contributed by atoms with Gasteiger partial charge in [0.25, 0.3) is 0 Å². The van der Waals surface area contributed by atoms with Crippen molar-refractivity contribution in [2.45, 2.75) is 0 Å². The zero-order valence-electron chi connectivity index (χ0n) is 10.6. The van der Waals surface area contributed by atoms with Crippen molar-refractivity contribution in [1.82, 2.24) is 10.2 Å². The van der Waals surface area contributed by atoms with Crippen LogP contribution in [0.3, 0.4) is 0 Å². The summed E-state index contributed by atoms with van der Waals surface area (Å²) in [6, 6.07) is 7.21. The smallest absolute Gasteiger partial charge is 0.345 e. The molecule has 0 aliphatic heterocycles. The van der Waals surface area contributed by atoms with Crippen molar-refractivity contribution in [3.8, 4) is 5.75 Å². The van der Waals surface area contributed by atoms with Gasteiger partial charge in [-0.05, 0) is 12.1 Å². The zero-order valence-corrected chi connectivity index (χ0v) is 10.6. The average molecular weight is 262 g/mol. The molecule has 0 bridgehead atoms. The molecule has 0 aliphatic rings. The molecule has 0 atom stereocenters. The Hall–Kier alpha value is -2.70. The molecule has 7 nitrogen and oxygen atoms in total. The fourth-order valence-electron chi connectivity index (χ4n) is 1.59. The summed E-state index contributed by atoms with van der Waals surface area (Å²) in [6.45, 7) is 0. The van der Waals surface area contributed by atoms with Gasteiger partial charge >= 0.3 is 5.97 Å². The van der Waals surface area contributed by atoms with Crippen molar-refractivity contribution in [2.24, 2.45) is 0 Å². The van der Waals surface area contributed by atoms with E-state index in [4.69, 9.17) is 10.5 Å². The number of hydrogen-bond acceptors (Lipinski definition) is 6. The van der Waals surface area contributed by atoms with Crippen molar-refractivity contribution in [3.63, 3.8) is 0 Å². The van der Waals surface area contributed by atoms with Crippen LogP contribution in [0.4, 0.5) is 17.3 Å². The van der Waals surface area contributed by atoms with Gasteiger partial charge in [-0.3, -0.25) is 5.10 Å². The van der Waals surface area contributed by atoms with E-state index in [1.807, 2.05) is 18.2 Å². The number of nitrogens with zero attached hydrogens (tertiary/aromatic N) is 1. The molecule has 0 radical (unpaired) electrons. The van der Waals surface area contributed by atoms with Crippen LogP contribution < -0.4 is 15.8 Å². The van der Waals surface area contributed by atoms with E-state index in [0.29, 0.717) is 11.6 Å². The molecule has 19 heavy (non-hydrogen) atoms. The topological polar surface area (TPSA) is 102 Å². The summed E-state index contributed by atoms with van der Waals surface area (Å²) < 4.78 is 9.77. The van der Waals surface area contributed by atoms with Gasteiger partial charge in [0.15, 0.2) is 5.82 Å². The van der Waals surface area contributed by atoms with E-state index in [1.165, 1.54) is 7.11 Å². The van der Waals surface area contributed by atoms with Crippen molar-refractivity contribution >= 4 is 23.3 Å². The quantitative estimate of drug-likeness (QED) is 0.722. The van der Waals surface area contributed by atoms with E-state index in [2.05, 4.69) is 20.3 Å². The normalized spacial score (nSPS) is 10.0. The van der Waals surface area contributed by atoms with Gasteiger partial charge < -0.3 is 20.5 Å². The Morgan fingerprint density at radius 1 is 1.42 bits per heavy atom. The molecule has 0 fully saturated rings. The standard InChI is InChI=1S/C12H14N4O3/c1-18-8-5-3-4-7(6-8)14-11-9(12(17)19-2)10(13)15-16-11/h3-6H,1-2H3,(H4,13,14,15,16). The Morgan fingerprint density at radius 2 is 2.21 bits per heavy atom. The summed E-state index contributed by atoms with van der Waals surface area (Å²) in [5.74, 6) is 0.583. The number of H-pyrrole nitrogens is 1. The molecule has 2 rings (SSSR count). The molecule has 0 saturated heterocycles. The van der Waals surface area contributed by atoms with Crippen LogP contribution in [0, 0.1) is 0 Å². The minimum Gasteiger partial charge on any atom is -0.497 e. The van der Waals surface area contributed by atoms with Gasteiger partial charge in [-0.2, -0.15) is 5.10 Å². The maximum Gasteiger partial charge on any atom is 0.345 e. The molecule has 1 heterocycles. The molecule has 0 saturated carbocycles. The minimum absolute atomic E-state index is 0.150. The van der Waals surface area contributed by atoms with Gasteiger partial charge in [-0.25, -0.2) is 4.79 Å². The van der Waals surface area contributed by atoms with Crippen molar-refractivity contribution in [3.05, 3.63) is 29.8 Å². The fourth-order valence-corrected chi connectivity index (χ4v) is 1.59. The second kappa shape index (κ2) is 5.30. The highest BCUT2D eigenvalue weighted by Crippen LogP contribution is 2.25. The summed E-state index contributed by atoms with van der Waals surface area (Å²) in [5, 5.41) is 9.45. The van der Waals surface area contributed by atoms with Gasteiger partial charge in [0.1, 0.15) is 17.1 Å². The number of benzene rings is 1. The Morgan fingerprint density at radius 3 is 2.89 bits per heavy atom. The molecular formula is C12H14N4O3. The van der Waals surface area contributed by atoms with Crippen LogP contribution in [0.5, 0.6) is 5.75 Å². The summed E-state index contributed by atoms with van der Waals surface area (Å²) in [5.41, 5.74) is 6.53. The van der Waals surface area contributed by atoms with Gasteiger partial charge in [-0.15, -0.1) is 0 Å². The van der Waals surface area contributed by atoms with Gasteiger partial charge in [-0.1, -0.05) is 6.07 Å². The van der Waals surface area contributed by atoms with Crippen LogP contribution in [0.2, 0.25) is 0 Å². The highest BCUT2D eigenvalue weighted by molar-refractivity contribution is 6.00. The lowest BCUT2D eigenvalue weighted by atomic mass is 10.2. The number of nitrogen functional groups attached to an aromatic ring is 1. The average Bonchev–Trinajstić information content (AvgIpc) is 2.79. The third-order valence-electron chi connectivity index (χ3n) is 2.52. The maximum atomic E-state index is 11.6. The van der Waals surface area contributed by atoms with Crippen LogP contribution in [-0.4, -0.2) is 30.4 Å². The predicted octanol–water partition coefficient (Wildman–Crippen LogP) is 1.53. The monoisotopic (exact) mass is 262 g/mol. The van der Waals surface area contributed by atoms with E-state index < -0.39 is 5.97 Å². The lowest BCUT2D eigenvalue weighted by Crippen LogP contribution is -2.06. The van der Waals surface area contributed by atoms with Crippen molar-refractivity contribution in [2.75, 3.05) is 25.3 Å². The highest BCUT2D eigenvalue weighted by atomic mass is 16.5. The van der Waals surface area contributed by atoms with Gasteiger partial charge in [0.05, 0.1) is 14.2 Å². The lowest BCUT2D eigenvalue weighted by molar-refractivity contribution is 0.0603. The number of aromatic amines is 1. The van der Waals surface area contributed by atoms with Gasteiger partial charge in [0, 0.05) is 11.8 Å². The molecular weight excluding hydrogens is 248 g/mol. The summed E-state index contributed by atoms with van der Waals surface area (Å²) in [6.07, 6.45) is 0. The first kappa shape index (κ1) is 12.7. The summed E-state index contributed by atoms with van der Waals surface area (Å²) >= 11 is 0. The number of nitrogens with two attached hydrogens (primary N) is 1. The van der Waals surface area contributed by atoms with Crippen molar-refractivity contribution in [1.29, 1.82) is 0 Å². The molecule has 0 unspecified atom stereocenters. The van der Waals surface area contributed by atoms with Crippen LogP contribution in [0.1, 0.15) is 10.4 Å². The maximum absolute atomic E-state index is 11.6. The molecule has 2 aromatic rings. The van der Waals surface area contributed by atoms with E-state index in [9.17, 15) is 4.79 Å². The molecule has 100 valence electrons. The molecule has 0 aliphatic carbocycles. The number of anilines is 3. The van der Waals surface area contributed by atoms with E-state index in [0.717, 1.165) is 5.69 Å². The second-order valence-electron chi connectivity index (χ2n) is 3.71. The predicted molar refractivity (Wildman–Crippen MR) is 70.6 cm³/mol. The second-order valence-corrected chi connectivity index (χ2v) is 3.71. The third kappa shape index (κ3) is 2.59. The van der Waals surface area contributed by atoms with Gasteiger partial charge in [0.2, 0.25) is 0 Å². The Balaban J connectivity index is 2.30. The Labute approximate surface area is 109 Å². The number of rotatable bonds is 4. The molecule has 1 aromatic heterocycles. The van der Waals surface area contributed by atoms with E-state index >= 15 is 0 Å². The minimum atomic E-state index is -0.559. The number of methoxy groups -OCH3 is 2. The first-order chi connectivity index (χ1) is 9.15. The van der Waals surface area contributed by atoms with E-state index in [1.54, 1.807) is 13.2 Å². The van der Waals surface area contributed by atoms with Crippen LogP contribution >= 0.6 is 0 Å². The molecule has 7 heteroatoms. The fraction of sp³-hybridized carbons (Fsp3) is 0.167. The third-order valence-corrected chi connectivity index (χ3v) is 2.52. The van der Waals surface area contributed by atoms with Crippen LogP contribution in [-0.2, 0) is 4.74 Å². The molecule has 0 spiro atoms. The lowest BCUT2D eigenvalue weighted by Gasteiger charge is -2.07. The zero-order chi connectivity index (χ0) is 13.8. The molecule has 4 N–H and O–H groups in total. The number of ether oxygens (including phenoxy) is 2. The molecule has 1 aromatic carbocycles. The number of carbonyl (C=O) groups is 1. The Bertz CT molecular complexity index is 594. The van der Waals surface area contributed by atoms with E-state index in [-0.39, 0.29) is 11.4 Å². The van der Waals surface area contributed by atoms with Crippen LogP contribution in [0.25, 0.3) is 0 Å². The first-order valence-corrected chi connectivity index (χ1v) is 5.49. The number of hydrogen-bond donors (Lipinski definition) is 3. The largest absolute Gasteiger partial charge is 0.497 e. The number of nitrogens with one attached hydrogen (secondary N) is 2. The number of carbonyl (C=O) groups excluding carboxylic acids is 1. The molecule has 0 amide bonds. The van der Waals surface area contributed by atoms with Crippen LogP contribution in [0.15, 0.2) is 24.3 Å². The summed E-state index contributed by atoms with van der Waals surface area (Å²) in [4.78, 5) is 11.6. The number of aromatic nitrogens is 2. The summed E-state index contributed by atoms with van der Waals surface area (Å²) in [7, 11) is 2.86. The highest BCUT2D eigenvalue weighted by Gasteiger charge is 2.19. The number of esters is 1. The SMILES string of the molecule is COC(=O)c1c(Nc2cccc(OC)c2)n[nH]c1N. The first-order valence-electron chi connectivity index (χ1n) is 5.49. The van der Waals surface area contributed by atoms with Crippen molar-refractivity contribution < 1.29 is 14.3 Å².